The Kier molecular flexibility index (Phi) is 5.30. The first-order chi connectivity index (χ1) is 9.66. The molecule has 1 aliphatic carbocycles. The highest BCUT2D eigenvalue weighted by Crippen LogP contribution is 2.23. The molecule has 0 aliphatic heterocycles. The molecule has 0 atom stereocenters. The van der Waals surface area contributed by atoms with Crippen LogP contribution >= 0.6 is 0 Å². The highest BCUT2D eigenvalue weighted by Gasteiger charge is 2.24. The van der Waals surface area contributed by atoms with E-state index in [1.807, 2.05) is 30.3 Å². The largest absolute Gasteiger partial charge is 0.481 e. The van der Waals surface area contributed by atoms with Crippen molar-refractivity contribution in [1.82, 2.24) is 4.90 Å². The van der Waals surface area contributed by atoms with Crippen LogP contribution in [0.5, 0.6) is 0 Å². The third kappa shape index (κ3) is 4.17. The number of hydrogen-bond acceptors (Lipinski definition) is 3. The minimum absolute atomic E-state index is 0.0721. The van der Waals surface area contributed by atoms with Gasteiger partial charge in [-0.15, -0.1) is 0 Å². The zero-order chi connectivity index (χ0) is 14.4. The second-order valence-electron chi connectivity index (χ2n) is 5.34. The van der Waals surface area contributed by atoms with Crippen LogP contribution in [0.4, 0.5) is 0 Å². The van der Waals surface area contributed by atoms with Crippen molar-refractivity contribution in [1.29, 1.82) is 0 Å². The summed E-state index contributed by atoms with van der Waals surface area (Å²) in [6.45, 7) is 0.778. The van der Waals surface area contributed by atoms with Crippen LogP contribution in [0.25, 0.3) is 0 Å². The number of carboxylic acids is 1. The fourth-order valence-electron chi connectivity index (χ4n) is 2.80. The molecule has 2 rings (SSSR count). The molecule has 4 heteroatoms. The second kappa shape index (κ2) is 7.20. The fourth-order valence-corrected chi connectivity index (χ4v) is 2.80. The van der Waals surface area contributed by atoms with E-state index in [-0.39, 0.29) is 12.2 Å². The Balaban J connectivity index is 1.99. The van der Waals surface area contributed by atoms with E-state index >= 15 is 0 Å². The normalized spacial score (nSPS) is 15.7. The third-order valence-corrected chi connectivity index (χ3v) is 3.90. The van der Waals surface area contributed by atoms with Gasteiger partial charge in [0, 0.05) is 18.2 Å². The summed E-state index contributed by atoms with van der Waals surface area (Å²) in [5.74, 6) is -0.733. The molecule has 20 heavy (non-hydrogen) atoms. The number of carbonyl (C=O) groups excluding carboxylic acids is 1. The predicted molar refractivity (Wildman–Crippen MR) is 76.9 cm³/mol. The maximum absolute atomic E-state index is 12.3. The lowest BCUT2D eigenvalue weighted by Gasteiger charge is -2.27. The third-order valence-electron chi connectivity index (χ3n) is 3.90. The second-order valence-corrected chi connectivity index (χ2v) is 5.34. The molecule has 1 N–H and O–H groups in total. The zero-order valence-electron chi connectivity index (χ0n) is 11.6. The quantitative estimate of drug-likeness (QED) is 0.777. The van der Waals surface area contributed by atoms with Gasteiger partial charge in [-0.2, -0.15) is 0 Å². The van der Waals surface area contributed by atoms with E-state index in [0.717, 1.165) is 12.8 Å². The lowest BCUT2D eigenvalue weighted by Crippen LogP contribution is -2.39. The Bertz CT molecular complexity index is 452. The van der Waals surface area contributed by atoms with Gasteiger partial charge in [-0.1, -0.05) is 43.2 Å². The number of nitrogens with zero attached hydrogens (tertiary/aromatic N) is 1. The van der Waals surface area contributed by atoms with Gasteiger partial charge in [0.1, 0.15) is 0 Å². The summed E-state index contributed by atoms with van der Waals surface area (Å²) >= 11 is 0. The molecule has 108 valence electrons. The van der Waals surface area contributed by atoms with E-state index < -0.39 is 5.97 Å². The van der Waals surface area contributed by atoms with E-state index in [1.54, 1.807) is 0 Å². The molecule has 1 aromatic carbocycles. The minimum Gasteiger partial charge on any atom is -0.481 e. The molecule has 0 spiro atoms. The van der Waals surface area contributed by atoms with Crippen molar-refractivity contribution in [2.75, 3.05) is 13.1 Å². The van der Waals surface area contributed by atoms with Crippen LogP contribution in [-0.4, -0.2) is 40.9 Å². The highest BCUT2D eigenvalue weighted by atomic mass is 16.4. The first-order valence-corrected chi connectivity index (χ1v) is 7.21. The number of benzene rings is 1. The Hall–Kier alpha value is -1.68. The molecule has 0 saturated heterocycles. The van der Waals surface area contributed by atoms with E-state index in [2.05, 4.69) is 4.90 Å². The predicted octanol–water partition coefficient (Wildman–Crippen LogP) is 2.59. The summed E-state index contributed by atoms with van der Waals surface area (Å²) < 4.78 is 0. The fraction of sp³-hybridized carbons (Fsp3) is 0.500. The van der Waals surface area contributed by atoms with Gasteiger partial charge in [0.25, 0.3) is 0 Å². The van der Waals surface area contributed by atoms with Gasteiger partial charge in [0.15, 0.2) is 5.78 Å². The number of rotatable bonds is 7. The van der Waals surface area contributed by atoms with Gasteiger partial charge in [0.2, 0.25) is 0 Å². The lowest BCUT2D eigenvalue weighted by atomic mass is 10.1. The monoisotopic (exact) mass is 275 g/mol. The van der Waals surface area contributed by atoms with E-state index in [0.29, 0.717) is 24.7 Å². The van der Waals surface area contributed by atoms with Gasteiger partial charge < -0.3 is 5.11 Å². The molecule has 0 heterocycles. The highest BCUT2D eigenvalue weighted by molar-refractivity contribution is 5.97. The molecule has 1 saturated carbocycles. The van der Waals surface area contributed by atoms with Crippen molar-refractivity contribution < 1.29 is 14.7 Å². The molecule has 0 unspecified atom stereocenters. The van der Waals surface area contributed by atoms with Crippen LogP contribution in [0.1, 0.15) is 42.5 Å². The maximum Gasteiger partial charge on any atom is 0.304 e. The molecule has 0 amide bonds. The number of ketones is 1. The van der Waals surface area contributed by atoms with Crippen LogP contribution in [0.15, 0.2) is 30.3 Å². The van der Waals surface area contributed by atoms with Gasteiger partial charge in [-0.3, -0.25) is 14.5 Å². The molecule has 0 radical (unpaired) electrons. The summed E-state index contributed by atoms with van der Waals surface area (Å²) in [6.07, 6.45) is 4.59. The Morgan fingerprint density at radius 3 is 2.40 bits per heavy atom. The molecule has 0 bridgehead atoms. The molecular weight excluding hydrogens is 254 g/mol. The van der Waals surface area contributed by atoms with E-state index in [1.165, 1.54) is 12.8 Å². The van der Waals surface area contributed by atoms with Crippen molar-refractivity contribution >= 4 is 11.8 Å². The van der Waals surface area contributed by atoms with Gasteiger partial charge in [-0.05, 0) is 12.8 Å². The smallest absolute Gasteiger partial charge is 0.304 e. The zero-order valence-corrected chi connectivity index (χ0v) is 11.6. The van der Waals surface area contributed by atoms with Crippen LogP contribution in [-0.2, 0) is 4.79 Å². The van der Waals surface area contributed by atoms with Crippen molar-refractivity contribution in [2.45, 2.75) is 38.1 Å². The van der Waals surface area contributed by atoms with Crippen molar-refractivity contribution in [2.24, 2.45) is 0 Å². The average molecular weight is 275 g/mol. The summed E-state index contributed by atoms with van der Waals surface area (Å²) in [5.41, 5.74) is 0.700. The topological polar surface area (TPSA) is 57.6 Å². The van der Waals surface area contributed by atoms with Gasteiger partial charge in [0.05, 0.1) is 13.0 Å². The van der Waals surface area contributed by atoms with Gasteiger partial charge in [-0.25, -0.2) is 0 Å². The molecule has 1 aromatic rings. The summed E-state index contributed by atoms with van der Waals surface area (Å²) in [4.78, 5) is 25.1. The van der Waals surface area contributed by atoms with Gasteiger partial charge >= 0.3 is 5.97 Å². The maximum atomic E-state index is 12.3. The number of hydrogen-bond donors (Lipinski definition) is 1. The molecule has 1 fully saturated rings. The number of carboxylic acid groups (broad SMARTS) is 1. The van der Waals surface area contributed by atoms with Crippen molar-refractivity contribution in [3.63, 3.8) is 0 Å². The van der Waals surface area contributed by atoms with Crippen LogP contribution < -0.4 is 0 Å². The molecule has 4 nitrogen and oxygen atoms in total. The number of carbonyl (C=O) groups is 2. The SMILES string of the molecule is O=C(O)CCN(CC(=O)c1ccccc1)C1CCCC1. The summed E-state index contributed by atoms with van der Waals surface area (Å²) in [7, 11) is 0. The first-order valence-electron chi connectivity index (χ1n) is 7.21. The Morgan fingerprint density at radius 1 is 1.15 bits per heavy atom. The van der Waals surface area contributed by atoms with E-state index in [9.17, 15) is 9.59 Å². The molecular formula is C16H21NO3. The summed E-state index contributed by atoms with van der Waals surface area (Å²) in [6, 6.07) is 9.57. The number of aliphatic carboxylic acids is 1. The summed E-state index contributed by atoms with van der Waals surface area (Å²) in [5, 5.41) is 8.84. The van der Waals surface area contributed by atoms with Crippen LogP contribution in [0, 0.1) is 0 Å². The standard InChI is InChI=1S/C16H21NO3/c18-15(13-6-2-1-3-7-13)12-17(11-10-16(19)20)14-8-4-5-9-14/h1-3,6-7,14H,4-5,8-12H2,(H,19,20). The minimum atomic E-state index is -0.805. The van der Waals surface area contributed by atoms with Crippen molar-refractivity contribution in [3.05, 3.63) is 35.9 Å². The van der Waals surface area contributed by atoms with Crippen molar-refractivity contribution in [3.8, 4) is 0 Å². The average Bonchev–Trinajstić information content (AvgIpc) is 2.98. The first kappa shape index (κ1) is 14.7. The van der Waals surface area contributed by atoms with Crippen LogP contribution in [0.3, 0.4) is 0 Å². The molecule has 0 aromatic heterocycles. The van der Waals surface area contributed by atoms with E-state index in [4.69, 9.17) is 5.11 Å². The van der Waals surface area contributed by atoms with Crippen LogP contribution in [0.2, 0.25) is 0 Å². The Morgan fingerprint density at radius 2 is 1.80 bits per heavy atom. The Labute approximate surface area is 119 Å². The molecule has 1 aliphatic rings. The lowest BCUT2D eigenvalue weighted by molar-refractivity contribution is -0.137. The number of Topliss-reactive ketones (excluding diaryl/α,β-unsaturated/α-hetero) is 1.